The van der Waals surface area contributed by atoms with Gasteiger partial charge in [0.25, 0.3) is 5.91 Å². The number of alkyl halides is 3. The molecule has 2 aromatic heterocycles. The first-order chi connectivity index (χ1) is 17.6. The normalized spacial score (nSPS) is 14.1. The van der Waals surface area contributed by atoms with Crippen LogP contribution in [-0.2, 0) is 24.2 Å². The molecule has 1 amide bonds. The molecule has 37 heavy (non-hydrogen) atoms. The van der Waals surface area contributed by atoms with Crippen LogP contribution in [0.3, 0.4) is 0 Å². The number of Topliss-reactive ketones (excluding diaryl/α,β-unsaturated/α-hetero) is 1. The molecular weight excluding hydrogens is 487 g/mol. The molecule has 1 fully saturated rings. The third-order valence-electron chi connectivity index (χ3n) is 6.08. The monoisotopic (exact) mass is 515 g/mol. The Hall–Kier alpha value is -3.89. The Balaban J connectivity index is 1.35. The predicted octanol–water partition coefficient (Wildman–Crippen LogP) is 3.82. The van der Waals surface area contributed by atoms with Gasteiger partial charge in [-0.05, 0) is 43.2 Å². The first-order valence-electron chi connectivity index (χ1n) is 12.0. The van der Waals surface area contributed by atoms with Gasteiger partial charge in [-0.3, -0.25) is 9.59 Å². The molecule has 1 aliphatic heterocycles. The van der Waals surface area contributed by atoms with E-state index in [9.17, 15) is 22.8 Å². The summed E-state index contributed by atoms with van der Waals surface area (Å²) in [5.41, 5.74) is 2.13. The Morgan fingerprint density at radius 1 is 1.00 bits per heavy atom. The molecule has 8 nitrogen and oxygen atoms in total. The summed E-state index contributed by atoms with van der Waals surface area (Å²) in [6.07, 6.45) is -1.19. The number of ether oxygens (including phenoxy) is 1. The minimum Gasteiger partial charge on any atom is -0.406 e. The van der Waals surface area contributed by atoms with Crippen molar-refractivity contribution in [1.82, 2.24) is 19.4 Å². The van der Waals surface area contributed by atoms with Gasteiger partial charge in [0.1, 0.15) is 17.4 Å². The first-order valence-corrected chi connectivity index (χ1v) is 12.0. The maximum Gasteiger partial charge on any atom is 0.573 e. The second-order valence-corrected chi connectivity index (χ2v) is 8.90. The number of rotatable bonds is 8. The molecule has 1 saturated heterocycles. The van der Waals surface area contributed by atoms with E-state index in [1.165, 1.54) is 24.3 Å². The number of halogens is 3. The van der Waals surface area contributed by atoms with Crippen LogP contribution in [0.5, 0.6) is 5.75 Å². The van der Waals surface area contributed by atoms with Gasteiger partial charge >= 0.3 is 6.36 Å². The Kier molecular flexibility index (Phi) is 7.80. The van der Waals surface area contributed by atoms with Crippen molar-refractivity contribution in [3.8, 4) is 5.75 Å². The fourth-order valence-corrected chi connectivity index (χ4v) is 4.20. The Bertz CT molecular complexity index is 1230. The standard InChI is InChI=1S/C26H28F3N5O3/c1-3-32-17-20(15-21(35)14-19-5-7-22(8-6-19)37-26(27,28)29)31-24(32)25(36)34-12-10-33(11-13-34)23-9-4-18(2)16-30-23/h4-9,16-17H,3,10-15H2,1-2H3. The van der Waals surface area contributed by atoms with Crippen molar-refractivity contribution in [2.75, 3.05) is 31.1 Å². The van der Waals surface area contributed by atoms with Crippen molar-refractivity contribution in [2.45, 2.75) is 39.6 Å². The second-order valence-electron chi connectivity index (χ2n) is 8.90. The molecule has 0 unspecified atom stereocenters. The van der Waals surface area contributed by atoms with Gasteiger partial charge in [0, 0.05) is 51.5 Å². The van der Waals surface area contributed by atoms with E-state index in [-0.39, 0.29) is 30.3 Å². The van der Waals surface area contributed by atoms with Crippen LogP contribution in [0.15, 0.2) is 48.8 Å². The molecule has 11 heteroatoms. The van der Waals surface area contributed by atoms with Crippen LogP contribution < -0.4 is 9.64 Å². The zero-order chi connectivity index (χ0) is 26.6. The summed E-state index contributed by atoms with van der Waals surface area (Å²) in [6, 6.07) is 9.18. The number of benzene rings is 1. The number of amides is 1. The van der Waals surface area contributed by atoms with Crippen molar-refractivity contribution in [1.29, 1.82) is 0 Å². The fraction of sp³-hybridized carbons (Fsp3) is 0.385. The minimum atomic E-state index is -4.77. The molecule has 0 bridgehead atoms. The fourth-order valence-electron chi connectivity index (χ4n) is 4.20. The molecular formula is C26H28F3N5O3. The zero-order valence-corrected chi connectivity index (χ0v) is 20.7. The number of hydrogen-bond donors (Lipinski definition) is 0. The van der Waals surface area contributed by atoms with Crippen molar-refractivity contribution >= 4 is 17.5 Å². The van der Waals surface area contributed by atoms with Crippen LogP contribution in [0.1, 0.15) is 34.4 Å². The Morgan fingerprint density at radius 2 is 1.70 bits per heavy atom. The lowest BCUT2D eigenvalue weighted by molar-refractivity contribution is -0.274. The maximum absolute atomic E-state index is 13.2. The third-order valence-corrected chi connectivity index (χ3v) is 6.08. The van der Waals surface area contributed by atoms with Gasteiger partial charge < -0.3 is 19.1 Å². The van der Waals surface area contributed by atoms with Gasteiger partial charge in [0.15, 0.2) is 5.82 Å². The SMILES string of the molecule is CCn1cc(CC(=O)Cc2ccc(OC(F)(F)F)cc2)nc1C(=O)N1CCN(c2ccc(C)cn2)CC1. The highest BCUT2D eigenvalue weighted by Crippen LogP contribution is 2.23. The van der Waals surface area contributed by atoms with Crippen molar-refractivity contribution < 1.29 is 27.5 Å². The highest BCUT2D eigenvalue weighted by molar-refractivity contribution is 5.91. The summed E-state index contributed by atoms with van der Waals surface area (Å²) in [5, 5.41) is 0. The lowest BCUT2D eigenvalue weighted by Crippen LogP contribution is -2.49. The number of aromatic nitrogens is 3. The van der Waals surface area contributed by atoms with Gasteiger partial charge in [-0.15, -0.1) is 13.2 Å². The first kappa shape index (κ1) is 26.2. The summed E-state index contributed by atoms with van der Waals surface area (Å²) in [4.78, 5) is 38.6. The third kappa shape index (κ3) is 6.87. The lowest BCUT2D eigenvalue weighted by atomic mass is 10.1. The van der Waals surface area contributed by atoms with E-state index in [4.69, 9.17) is 0 Å². The highest BCUT2D eigenvalue weighted by atomic mass is 19.4. The van der Waals surface area contributed by atoms with Crippen molar-refractivity contribution in [3.05, 3.63) is 71.4 Å². The van der Waals surface area contributed by atoms with E-state index >= 15 is 0 Å². The van der Waals surface area contributed by atoms with E-state index in [2.05, 4.69) is 19.6 Å². The lowest BCUT2D eigenvalue weighted by Gasteiger charge is -2.35. The summed E-state index contributed by atoms with van der Waals surface area (Å²) >= 11 is 0. The summed E-state index contributed by atoms with van der Waals surface area (Å²) < 4.78 is 42.5. The topological polar surface area (TPSA) is 80.6 Å². The van der Waals surface area contributed by atoms with Crippen LogP contribution in [0.2, 0.25) is 0 Å². The number of imidazole rings is 1. The highest BCUT2D eigenvalue weighted by Gasteiger charge is 2.31. The molecule has 3 heterocycles. The van der Waals surface area contributed by atoms with Crippen molar-refractivity contribution in [3.63, 3.8) is 0 Å². The van der Waals surface area contributed by atoms with Gasteiger partial charge in [0.2, 0.25) is 0 Å². The molecule has 0 saturated carbocycles. The number of ketones is 1. The average molecular weight is 516 g/mol. The minimum absolute atomic E-state index is 0.0148. The number of piperazine rings is 1. The van der Waals surface area contributed by atoms with Crippen LogP contribution in [0.25, 0.3) is 0 Å². The number of anilines is 1. The van der Waals surface area contributed by atoms with E-state index in [1.54, 1.807) is 15.7 Å². The molecule has 196 valence electrons. The quantitative estimate of drug-likeness (QED) is 0.454. The molecule has 3 aromatic rings. The largest absolute Gasteiger partial charge is 0.573 e. The number of nitrogens with zero attached hydrogens (tertiary/aromatic N) is 5. The second kappa shape index (κ2) is 11.0. The molecule has 0 radical (unpaired) electrons. The molecule has 0 spiro atoms. The number of carbonyl (C=O) groups excluding carboxylic acids is 2. The number of hydrogen-bond acceptors (Lipinski definition) is 6. The van der Waals surface area contributed by atoms with E-state index < -0.39 is 6.36 Å². The number of pyridine rings is 1. The summed E-state index contributed by atoms with van der Waals surface area (Å²) in [5.74, 6) is 0.488. The average Bonchev–Trinajstić information content (AvgIpc) is 3.27. The van der Waals surface area contributed by atoms with Gasteiger partial charge in [-0.1, -0.05) is 18.2 Å². The molecule has 1 aromatic carbocycles. The van der Waals surface area contributed by atoms with Crippen LogP contribution >= 0.6 is 0 Å². The van der Waals surface area contributed by atoms with Crippen LogP contribution in [0.4, 0.5) is 19.0 Å². The smallest absolute Gasteiger partial charge is 0.406 e. The maximum atomic E-state index is 13.2. The van der Waals surface area contributed by atoms with Crippen LogP contribution in [-0.4, -0.2) is 63.7 Å². The van der Waals surface area contributed by atoms with Gasteiger partial charge in [-0.25, -0.2) is 9.97 Å². The predicted molar refractivity (Wildman–Crippen MR) is 131 cm³/mol. The van der Waals surface area contributed by atoms with Crippen LogP contribution in [0, 0.1) is 6.92 Å². The van der Waals surface area contributed by atoms with E-state index in [0.29, 0.717) is 49.8 Å². The number of carbonyl (C=O) groups is 2. The van der Waals surface area contributed by atoms with E-state index in [1.807, 2.05) is 32.2 Å². The Morgan fingerprint density at radius 3 is 2.30 bits per heavy atom. The molecule has 0 aliphatic carbocycles. The summed E-state index contributed by atoms with van der Waals surface area (Å²) in [7, 11) is 0. The zero-order valence-electron chi connectivity index (χ0n) is 20.7. The van der Waals surface area contributed by atoms with Gasteiger partial charge in [0.05, 0.1) is 12.1 Å². The van der Waals surface area contributed by atoms with Crippen molar-refractivity contribution in [2.24, 2.45) is 0 Å². The number of aryl methyl sites for hydroxylation is 2. The molecule has 4 rings (SSSR count). The van der Waals surface area contributed by atoms with E-state index in [0.717, 1.165) is 11.4 Å². The molecule has 0 atom stereocenters. The molecule has 1 aliphatic rings. The Labute approximate surface area is 212 Å². The summed E-state index contributed by atoms with van der Waals surface area (Å²) in [6.45, 7) is 6.80. The molecule has 0 N–H and O–H groups in total. The van der Waals surface area contributed by atoms with Gasteiger partial charge in [-0.2, -0.15) is 0 Å².